The monoisotopic (exact) mass is 473 g/mol. The molecule has 2 N–H and O–H groups in total. The van der Waals surface area contributed by atoms with Crippen molar-refractivity contribution in [3.8, 4) is 17.2 Å². The van der Waals surface area contributed by atoms with Gasteiger partial charge in [0.1, 0.15) is 11.7 Å². The molecule has 2 aliphatic heterocycles. The molecule has 0 aromatic heterocycles. The van der Waals surface area contributed by atoms with Crippen LogP contribution < -0.4 is 29.7 Å². The lowest BCUT2D eigenvalue weighted by atomic mass is 9.78. The normalized spacial score (nSPS) is 22.4. The lowest BCUT2D eigenvalue weighted by Gasteiger charge is -2.54. The number of amides is 3. The minimum atomic E-state index is -1.33. The van der Waals surface area contributed by atoms with Gasteiger partial charge < -0.3 is 24.8 Å². The summed E-state index contributed by atoms with van der Waals surface area (Å²) < 4.78 is 17.6. The molecule has 0 saturated carbocycles. The highest BCUT2D eigenvalue weighted by Crippen LogP contribution is 2.52. The van der Waals surface area contributed by atoms with Gasteiger partial charge in [-0.1, -0.05) is 30.3 Å². The van der Waals surface area contributed by atoms with Crippen LogP contribution in [0.3, 0.4) is 0 Å². The third kappa shape index (κ3) is 3.80. The Balaban J connectivity index is 1.61. The zero-order valence-corrected chi connectivity index (χ0v) is 19.8. The number of hydrogen-bond acceptors (Lipinski definition) is 5. The SMILES string of the molecule is CCOc1cccc2c1O[C@@]1(C)[C@H](C(=O)Nc3ccc(OC)cc3)[C@H]2NC(=O)N1c1ccccc1. The first-order valence-electron chi connectivity index (χ1n) is 11.5. The number of anilines is 2. The first kappa shape index (κ1) is 22.6. The number of nitrogens with zero attached hydrogens (tertiary/aromatic N) is 1. The van der Waals surface area contributed by atoms with E-state index in [-0.39, 0.29) is 11.9 Å². The first-order chi connectivity index (χ1) is 17.0. The molecule has 0 aliphatic carbocycles. The molecule has 8 nitrogen and oxygen atoms in total. The molecule has 1 fully saturated rings. The van der Waals surface area contributed by atoms with E-state index < -0.39 is 17.7 Å². The van der Waals surface area contributed by atoms with Crippen LogP contribution in [-0.4, -0.2) is 31.4 Å². The summed E-state index contributed by atoms with van der Waals surface area (Å²) in [4.78, 5) is 28.7. The van der Waals surface area contributed by atoms with Crippen LogP contribution in [0.2, 0.25) is 0 Å². The fraction of sp³-hybridized carbons (Fsp3) is 0.259. The number of hydrogen-bond donors (Lipinski definition) is 2. The number of rotatable bonds is 6. The lowest BCUT2D eigenvalue weighted by Crippen LogP contribution is -2.72. The van der Waals surface area contributed by atoms with Gasteiger partial charge in [0, 0.05) is 16.9 Å². The third-order valence-corrected chi connectivity index (χ3v) is 6.44. The summed E-state index contributed by atoms with van der Waals surface area (Å²) in [5, 5.41) is 6.04. The third-order valence-electron chi connectivity index (χ3n) is 6.44. The standard InChI is InChI=1S/C27H27N3O5/c1-4-34-21-12-8-11-20-23-22(25(31)28-17-13-15-19(33-3)16-14-17)27(2,35-24(20)21)30(26(32)29-23)18-9-6-5-7-10-18/h5-16,22-23H,4H2,1-3H3,(H,28,31)(H,29,32)/t22-,23-,27-/m0/s1. The summed E-state index contributed by atoms with van der Waals surface area (Å²) in [5.41, 5.74) is 0.601. The van der Waals surface area contributed by atoms with Crippen LogP contribution in [0.15, 0.2) is 72.8 Å². The zero-order chi connectivity index (χ0) is 24.6. The van der Waals surface area contributed by atoms with Crippen molar-refractivity contribution in [3.05, 3.63) is 78.4 Å². The average Bonchev–Trinajstić information content (AvgIpc) is 2.85. The summed E-state index contributed by atoms with van der Waals surface area (Å²) in [6.45, 7) is 4.13. The minimum Gasteiger partial charge on any atom is -0.497 e. The van der Waals surface area contributed by atoms with Gasteiger partial charge in [-0.25, -0.2) is 4.79 Å². The molecule has 3 aromatic rings. The number of para-hydroxylation sites is 2. The minimum absolute atomic E-state index is 0.281. The van der Waals surface area contributed by atoms with Gasteiger partial charge in [-0.2, -0.15) is 0 Å². The van der Waals surface area contributed by atoms with Gasteiger partial charge in [-0.3, -0.25) is 9.69 Å². The van der Waals surface area contributed by atoms with E-state index in [1.807, 2.05) is 55.5 Å². The van der Waals surface area contributed by atoms with Crippen LogP contribution in [0.25, 0.3) is 0 Å². The number of ether oxygens (including phenoxy) is 3. The molecule has 3 atom stereocenters. The number of urea groups is 1. The number of nitrogens with one attached hydrogen (secondary N) is 2. The predicted molar refractivity (Wildman–Crippen MR) is 132 cm³/mol. The van der Waals surface area contributed by atoms with Crippen molar-refractivity contribution < 1.29 is 23.8 Å². The van der Waals surface area contributed by atoms with Gasteiger partial charge in [-0.05, 0) is 56.3 Å². The quantitative estimate of drug-likeness (QED) is 0.540. The first-order valence-corrected chi connectivity index (χ1v) is 11.5. The van der Waals surface area contributed by atoms with E-state index in [4.69, 9.17) is 14.2 Å². The van der Waals surface area contributed by atoms with Crippen LogP contribution in [0.5, 0.6) is 17.2 Å². The van der Waals surface area contributed by atoms with Crippen molar-refractivity contribution in [2.75, 3.05) is 23.9 Å². The maximum atomic E-state index is 13.8. The summed E-state index contributed by atoms with van der Waals surface area (Å²) in [6.07, 6.45) is 0. The Kier molecular flexibility index (Phi) is 5.72. The van der Waals surface area contributed by atoms with Crippen molar-refractivity contribution in [2.45, 2.75) is 25.6 Å². The Morgan fingerprint density at radius 2 is 1.83 bits per heavy atom. The Morgan fingerprint density at radius 1 is 1.09 bits per heavy atom. The molecule has 0 unspecified atom stereocenters. The fourth-order valence-corrected chi connectivity index (χ4v) is 4.90. The second-order valence-corrected chi connectivity index (χ2v) is 8.56. The van der Waals surface area contributed by atoms with Crippen molar-refractivity contribution in [1.82, 2.24) is 5.32 Å². The average molecular weight is 474 g/mol. The molecule has 2 aliphatic rings. The summed E-state index contributed by atoms with van der Waals surface area (Å²) in [6, 6.07) is 20.8. The molecule has 1 saturated heterocycles. The van der Waals surface area contributed by atoms with Crippen molar-refractivity contribution in [2.24, 2.45) is 5.92 Å². The van der Waals surface area contributed by atoms with Gasteiger partial charge in [0.25, 0.3) is 0 Å². The maximum Gasteiger partial charge on any atom is 0.325 e. The second kappa shape index (κ2) is 8.87. The summed E-state index contributed by atoms with van der Waals surface area (Å²) in [7, 11) is 1.59. The highest BCUT2D eigenvalue weighted by Gasteiger charge is 2.60. The van der Waals surface area contributed by atoms with E-state index in [1.54, 1.807) is 38.3 Å². The molecule has 35 heavy (non-hydrogen) atoms. The molecule has 0 radical (unpaired) electrons. The van der Waals surface area contributed by atoms with E-state index in [2.05, 4.69) is 10.6 Å². The number of fused-ring (bicyclic) bond motifs is 4. The topological polar surface area (TPSA) is 89.1 Å². The van der Waals surface area contributed by atoms with Gasteiger partial charge >= 0.3 is 6.03 Å². The Bertz CT molecular complexity index is 1250. The van der Waals surface area contributed by atoms with E-state index in [0.29, 0.717) is 40.8 Å². The summed E-state index contributed by atoms with van der Waals surface area (Å²) in [5.74, 6) is 0.728. The molecule has 2 heterocycles. The molecular weight excluding hydrogens is 446 g/mol. The van der Waals surface area contributed by atoms with Crippen molar-refractivity contribution in [3.63, 3.8) is 0 Å². The number of benzene rings is 3. The predicted octanol–water partition coefficient (Wildman–Crippen LogP) is 4.73. The van der Waals surface area contributed by atoms with Crippen LogP contribution in [0.1, 0.15) is 25.5 Å². The molecule has 8 heteroatoms. The van der Waals surface area contributed by atoms with Crippen molar-refractivity contribution >= 4 is 23.3 Å². The van der Waals surface area contributed by atoms with Crippen LogP contribution in [-0.2, 0) is 4.79 Å². The van der Waals surface area contributed by atoms with E-state index in [0.717, 1.165) is 0 Å². The molecule has 0 spiro atoms. The van der Waals surface area contributed by atoms with Crippen LogP contribution in [0.4, 0.5) is 16.2 Å². The number of carbonyl (C=O) groups is 2. The fourth-order valence-electron chi connectivity index (χ4n) is 4.90. The van der Waals surface area contributed by atoms with E-state index >= 15 is 0 Å². The van der Waals surface area contributed by atoms with Crippen LogP contribution in [0, 0.1) is 5.92 Å². The second-order valence-electron chi connectivity index (χ2n) is 8.56. The highest BCUT2D eigenvalue weighted by atomic mass is 16.5. The molecule has 2 bridgehead atoms. The number of methoxy groups -OCH3 is 1. The maximum absolute atomic E-state index is 13.8. The molecule has 3 amide bonds. The van der Waals surface area contributed by atoms with E-state index in [9.17, 15) is 9.59 Å². The Morgan fingerprint density at radius 3 is 2.51 bits per heavy atom. The molecule has 5 rings (SSSR count). The molecular formula is C27H27N3O5. The van der Waals surface area contributed by atoms with E-state index in [1.165, 1.54) is 4.90 Å². The molecule has 180 valence electrons. The highest BCUT2D eigenvalue weighted by molar-refractivity contribution is 6.01. The Labute approximate surface area is 203 Å². The lowest BCUT2D eigenvalue weighted by molar-refractivity contribution is -0.131. The van der Waals surface area contributed by atoms with Crippen LogP contribution >= 0.6 is 0 Å². The van der Waals surface area contributed by atoms with Gasteiger partial charge in [0.05, 0.1) is 19.8 Å². The smallest absolute Gasteiger partial charge is 0.325 e. The zero-order valence-electron chi connectivity index (χ0n) is 19.8. The largest absolute Gasteiger partial charge is 0.497 e. The van der Waals surface area contributed by atoms with Gasteiger partial charge in [-0.15, -0.1) is 0 Å². The van der Waals surface area contributed by atoms with Gasteiger partial charge in [0.2, 0.25) is 11.6 Å². The number of carbonyl (C=O) groups excluding carboxylic acids is 2. The van der Waals surface area contributed by atoms with Gasteiger partial charge in [0.15, 0.2) is 11.5 Å². The Hall–Kier alpha value is -4.20. The summed E-state index contributed by atoms with van der Waals surface area (Å²) >= 11 is 0. The molecule has 3 aromatic carbocycles. The van der Waals surface area contributed by atoms with Crippen molar-refractivity contribution in [1.29, 1.82) is 0 Å².